The number of likely N-dealkylation sites (N-methyl/N-ethyl adjacent to an activating group) is 2. The first-order chi connectivity index (χ1) is 10.2. The van der Waals surface area contributed by atoms with Crippen LogP contribution in [0.4, 0.5) is 10.6 Å². The van der Waals surface area contributed by atoms with E-state index in [-0.39, 0.29) is 17.6 Å². The fraction of sp³-hybridized carbons (Fsp3) is 0.733. The molecular weight excluding hydrogens is 282 g/mol. The lowest BCUT2D eigenvalue weighted by Crippen LogP contribution is -2.46. The number of anilines is 1. The van der Waals surface area contributed by atoms with Crippen LogP contribution in [0.1, 0.15) is 26.5 Å². The Morgan fingerprint density at radius 2 is 2.14 bits per heavy atom. The van der Waals surface area contributed by atoms with Gasteiger partial charge in [0, 0.05) is 31.6 Å². The standard InChI is InChI=1S/C15H27N5O2/c1-15(2,3)11-9-12(17-22-11)20-13(10-19(6)14(20)21)16-7-8-18(4)5/h9,13,16H,7-8,10H2,1-6H3. The number of carbonyl (C=O) groups is 1. The number of rotatable bonds is 5. The summed E-state index contributed by atoms with van der Waals surface area (Å²) in [6.07, 6.45) is -0.0876. The van der Waals surface area contributed by atoms with Gasteiger partial charge in [-0.15, -0.1) is 0 Å². The number of nitrogens with one attached hydrogen (secondary N) is 1. The second-order valence-electron chi connectivity index (χ2n) is 7.11. The van der Waals surface area contributed by atoms with Gasteiger partial charge in [-0.1, -0.05) is 25.9 Å². The first-order valence-electron chi connectivity index (χ1n) is 7.60. The third-order valence-corrected chi connectivity index (χ3v) is 3.71. The van der Waals surface area contributed by atoms with E-state index in [4.69, 9.17) is 4.52 Å². The van der Waals surface area contributed by atoms with E-state index in [1.54, 1.807) is 16.8 Å². The van der Waals surface area contributed by atoms with Gasteiger partial charge in [0.15, 0.2) is 5.82 Å². The van der Waals surface area contributed by atoms with Crippen molar-refractivity contribution in [1.82, 2.24) is 20.3 Å². The molecule has 124 valence electrons. The molecule has 0 spiro atoms. The molecule has 1 saturated heterocycles. The average molecular weight is 309 g/mol. The number of amides is 2. The Kier molecular flexibility index (Phi) is 4.77. The zero-order valence-electron chi connectivity index (χ0n) is 14.4. The SMILES string of the molecule is CN(C)CCNC1CN(C)C(=O)N1c1cc(C(C)(C)C)on1. The van der Waals surface area contributed by atoms with Gasteiger partial charge in [0.1, 0.15) is 11.9 Å². The molecule has 2 rings (SSSR count). The van der Waals surface area contributed by atoms with Gasteiger partial charge in [-0.25, -0.2) is 4.79 Å². The van der Waals surface area contributed by atoms with E-state index in [0.29, 0.717) is 12.4 Å². The van der Waals surface area contributed by atoms with Gasteiger partial charge in [0.05, 0.1) is 6.54 Å². The lowest BCUT2D eigenvalue weighted by atomic mass is 9.93. The molecule has 0 bridgehead atoms. The summed E-state index contributed by atoms with van der Waals surface area (Å²) in [7, 11) is 5.85. The van der Waals surface area contributed by atoms with Crippen LogP contribution < -0.4 is 10.2 Å². The summed E-state index contributed by atoms with van der Waals surface area (Å²) in [6, 6.07) is 1.80. The van der Waals surface area contributed by atoms with Crippen LogP contribution in [0.15, 0.2) is 10.6 Å². The Bertz CT molecular complexity index is 520. The number of carbonyl (C=O) groups excluding carboxylic acids is 1. The molecule has 1 aromatic heterocycles. The molecule has 1 aliphatic heterocycles. The van der Waals surface area contributed by atoms with E-state index < -0.39 is 0 Å². The average Bonchev–Trinajstić information content (AvgIpc) is 2.95. The molecule has 1 aliphatic rings. The van der Waals surface area contributed by atoms with E-state index in [9.17, 15) is 4.79 Å². The molecule has 0 aromatic carbocycles. The first kappa shape index (κ1) is 16.8. The molecular formula is C15H27N5O2. The molecule has 0 aliphatic carbocycles. The fourth-order valence-electron chi connectivity index (χ4n) is 2.34. The number of nitrogens with zero attached hydrogens (tertiary/aromatic N) is 4. The molecule has 0 saturated carbocycles. The van der Waals surface area contributed by atoms with Gasteiger partial charge in [-0.3, -0.25) is 10.2 Å². The number of aromatic nitrogens is 1. The van der Waals surface area contributed by atoms with Crippen molar-refractivity contribution in [3.05, 3.63) is 11.8 Å². The van der Waals surface area contributed by atoms with Gasteiger partial charge in [-0.2, -0.15) is 0 Å². The fourth-order valence-corrected chi connectivity index (χ4v) is 2.34. The maximum Gasteiger partial charge on any atom is 0.327 e. The van der Waals surface area contributed by atoms with Crippen molar-refractivity contribution in [3.8, 4) is 0 Å². The van der Waals surface area contributed by atoms with Crippen molar-refractivity contribution in [2.24, 2.45) is 0 Å². The summed E-state index contributed by atoms with van der Waals surface area (Å²) in [5.74, 6) is 1.35. The van der Waals surface area contributed by atoms with E-state index in [1.807, 2.05) is 20.2 Å². The number of urea groups is 1. The van der Waals surface area contributed by atoms with Crippen LogP contribution in [0.3, 0.4) is 0 Å². The molecule has 1 unspecified atom stereocenters. The van der Waals surface area contributed by atoms with E-state index in [0.717, 1.165) is 18.8 Å². The van der Waals surface area contributed by atoms with Gasteiger partial charge in [-0.05, 0) is 14.1 Å². The Hall–Kier alpha value is -1.60. The van der Waals surface area contributed by atoms with Crippen molar-refractivity contribution in [3.63, 3.8) is 0 Å². The Labute approximate surface area is 132 Å². The van der Waals surface area contributed by atoms with Crippen molar-refractivity contribution in [1.29, 1.82) is 0 Å². The van der Waals surface area contributed by atoms with Gasteiger partial charge >= 0.3 is 6.03 Å². The van der Waals surface area contributed by atoms with Gasteiger partial charge < -0.3 is 14.3 Å². The van der Waals surface area contributed by atoms with Crippen LogP contribution in [-0.2, 0) is 5.41 Å². The lowest BCUT2D eigenvalue weighted by Gasteiger charge is -2.22. The Morgan fingerprint density at radius 1 is 1.45 bits per heavy atom. The Morgan fingerprint density at radius 3 is 2.68 bits per heavy atom. The van der Waals surface area contributed by atoms with E-state index >= 15 is 0 Å². The van der Waals surface area contributed by atoms with Crippen LogP contribution >= 0.6 is 0 Å². The van der Waals surface area contributed by atoms with Gasteiger partial charge in [0.25, 0.3) is 0 Å². The van der Waals surface area contributed by atoms with Crippen LogP contribution in [0.5, 0.6) is 0 Å². The summed E-state index contributed by atoms with van der Waals surface area (Å²) in [5, 5.41) is 7.51. The van der Waals surface area contributed by atoms with Crippen molar-refractivity contribution in [2.45, 2.75) is 32.4 Å². The van der Waals surface area contributed by atoms with Crippen LogP contribution in [0, 0.1) is 0 Å². The lowest BCUT2D eigenvalue weighted by molar-refractivity contribution is 0.229. The highest BCUT2D eigenvalue weighted by Crippen LogP contribution is 2.28. The third kappa shape index (κ3) is 3.59. The summed E-state index contributed by atoms with van der Waals surface area (Å²) in [5.41, 5.74) is -0.131. The second kappa shape index (κ2) is 6.26. The predicted molar refractivity (Wildman–Crippen MR) is 86.1 cm³/mol. The molecule has 1 atom stereocenters. The van der Waals surface area contributed by atoms with E-state index in [2.05, 4.69) is 36.1 Å². The minimum atomic E-state index is -0.131. The molecule has 7 heteroatoms. The molecule has 1 N–H and O–H groups in total. The van der Waals surface area contributed by atoms with Crippen molar-refractivity contribution in [2.75, 3.05) is 45.7 Å². The van der Waals surface area contributed by atoms with E-state index in [1.165, 1.54) is 0 Å². The summed E-state index contributed by atoms with van der Waals surface area (Å²) < 4.78 is 5.42. The van der Waals surface area contributed by atoms with Crippen LogP contribution in [-0.4, -0.2) is 67.9 Å². The topological polar surface area (TPSA) is 64.8 Å². The molecule has 2 amide bonds. The molecule has 0 radical (unpaired) electrons. The maximum atomic E-state index is 12.4. The molecule has 7 nitrogen and oxygen atoms in total. The molecule has 2 heterocycles. The Balaban J connectivity index is 2.14. The quantitative estimate of drug-likeness (QED) is 0.889. The number of hydrogen-bond donors (Lipinski definition) is 1. The third-order valence-electron chi connectivity index (χ3n) is 3.71. The van der Waals surface area contributed by atoms with Crippen LogP contribution in [0.2, 0.25) is 0 Å². The first-order valence-corrected chi connectivity index (χ1v) is 7.60. The summed E-state index contributed by atoms with van der Waals surface area (Å²) in [4.78, 5) is 17.9. The minimum Gasteiger partial charge on any atom is -0.359 e. The zero-order chi connectivity index (χ0) is 16.5. The van der Waals surface area contributed by atoms with Crippen molar-refractivity contribution >= 4 is 11.8 Å². The maximum absolute atomic E-state index is 12.4. The molecule has 1 fully saturated rings. The second-order valence-corrected chi connectivity index (χ2v) is 7.11. The molecule has 1 aromatic rings. The number of hydrogen-bond acceptors (Lipinski definition) is 5. The van der Waals surface area contributed by atoms with Crippen LogP contribution in [0.25, 0.3) is 0 Å². The highest BCUT2D eigenvalue weighted by Gasteiger charge is 2.38. The normalized spacial score (nSPS) is 19.6. The highest BCUT2D eigenvalue weighted by molar-refractivity contribution is 5.93. The van der Waals surface area contributed by atoms with Gasteiger partial charge in [0.2, 0.25) is 0 Å². The summed E-state index contributed by atoms with van der Waals surface area (Å²) in [6.45, 7) is 8.52. The predicted octanol–water partition coefficient (Wildman–Crippen LogP) is 1.32. The summed E-state index contributed by atoms with van der Waals surface area (Å²) >= 11 is 0. The highest BCUT2D eigenvalue weighted by atomic mass is 16.5. The molecule has 22 heavy (non-hydrogen) atoms. The zero-order valence-corrected chi connectivity index (χ0v) is 14.4. The smallest absolute Gasteiger partial charge is 0.327 e. The monoisotopic (exact) mass is 309 g/mol. The largest absolute Gasteiger partial charge is 0.359 e. The minimum absolute atomic E-state index is 0.0592. The van der Waals surface area contributed by atoms with Crippen molar-refractivity contribution < 1.29 is 9.32 Å².